The highest BCUT2D eigenvalue weighted by Gasteiger charge is 2.19. The van der Waals surface area contributed by atoms with Crippen LogP contribution in [0.25, 0.3) is 0 Å². The summed E-state index contributed by atoms with van der Waals surface area (Å²) in [5, 5.41) is 31.2. The minimum atomic E-state index is -1.26. The van der Waals surface area contributed by atoms with Crippen LogP contribution in [-0.2, 0) is 25.6 Å². The maximum absolute atomic E-state index is 12.8. The molecule has 2 aromatic rings. The molecular weight excluding hydrogens is 515 g/mol. The van der Waals surface area contributed by atoms with E-state index in [1.54, 1.807) is 12.1 Å². The lowest BCUT2D eigenvalue weighted by Crippen LogP contribution is -2.37. The van der Waals surface area contributed by atoms with Gasteiger partial charge in [0, 0.05) is 43.2 Å². The van der Waals surface area contributed by atoms with E-state index >= 15 is 0 Å². The average molecular weight is 547 g/mol. The van der Waals surface area contributed by atoms with Gasteiger partial charge >= 0.3 is 23.9 Å². The van der Waals surface area contributed by atoms with Gasteiger partial charge in [0.05, 0.1) is 0 Å². The van der Waals surface area contributed by atoms with E-state index in [1.165, 1.54) is 30.5 Å². The predicted octanol–water partition coefficient (Wildman–Crippen LogP) is 2.98. The van der Waals surface area contributed by atoms with Gasteiger partial charge in [-0.25, -0.2) is 23.6 Å². The number of pyridine rings is 1. The third-order valence-electron chi connectivity index (χ3n) is 5.21. The van der Waals surface area contributed by atoms with Gasteiger partial charge in [-0.05, 0) is 80.2 Å². The molecule has 3 rings (SSSR count). The van der Waals surface area contributed by atoms with E-state index in [4.69, 9.17) is 25.2 Å². The zero-order valence-corrected chi connectivity index (χ0v) is 21.1. The quantitative estimate of drug-likeness (QED) is 0.322. The number of carbonyl (C=O) groups is 4. The fourth-order valence-corrected chi connectivity index (χ4v) is 3.37. The molecule has 1 saturated heterocycles. The number of carboxylic acid groups (broad SMARTS) is 4. The smallest absolute Gasteiger partial charge is 0.328 e. The van der Waals surface area contributed by atoms with Crippen LogP contribution in [0.3, 0.4) is 0 Å². The molecule has 1 aromatic heterocycles. The van der Waals surface area contributed by atoms with Gasteiger partial charge in [0.1, 0.15) is 18.2 Å². The third-order valence-corrected chi connectivity index (χ3v) is 5.21. The summed E-state index contributed by atoms with van der Waals surface area (Å²) in [6.45, 7) is 3.84. The summed E-state index contributed by atoms with van der Waals surface area (Å²) in [7, 11) is 0. The number of likely N-dealkylation sites (tertiary alicyclic amines) is 1. The number of benzene rings is 1. The third kappa shape index (κ3) is 17.5. The summed E-state index contributed by atoms with van der Waals surface area (Å²) in [4.78, 5) is 44.7. The van der Waals surface area contributed by atoms with Crippen molar-refractivity contribution < 1.29 is 48.7 Å². The van der Waals surface area contributed by atoms with Gasteiger partial charge in [-0.1, -0.05) is 0 Å². The Morgan fingerprint density at radius 2 is 1.28 bits per heavy atom. The molecule has 0 radical (unpaired) electrons. The first-order valence-corrected chi connectivity index (χ1v) is 11.8. The predicted molar refractivity (Wildman–Crippen MR) is 138 cm³/mol. The second-order valence-electron chi connectivity index (χ2n) is 8.17. The van der Waals surface area contributed by atoms with Crippen molar-refractivity contribution in [3.8, 4) is 5.75 Å². The van der Waals surface area contributed by atoms with Crippen molar-refractivity contribution in [2.45, 2.75) is 19.3 Å². The first kappa shape index (κ1) is 32.4. The first-order chi connectivity index (χ1) is 18.5. The molecule has 4 N–H and O–H groups in total. The Hall–Kier alpha value is -4.58. The molecule has 11 nitrogen and oxygen atoms in total. The molecule has 1 fully saturated rings. The van der Waals surface area contributed by atoms with Crippen LogP contribution < -0.4 is 4.74 Å². The van der Waals surface area contributed by atoms with Crippen LogP contribution >= 0.6 is 0 Å². The van der Waals surface area contributed by atoms with E-state index in [0.717, 1.165) is 37.7 Å². The lowest BCUT2D eigenvalue weighted by molar-refractivity contribution is -0.134. The van der Waals surface area contributed by atoms with E-state index in [0.29, 0.717) is 30.9 Å². The van der Waals surface area contributed by atoms with Crippen LogP contribution in [0.2, 0.25) is 0 Å². The number of ether oxygens (including phenoxy) is 1. The fourth-order valence-electron chi connectivity index (χ4n) is 3.37. The van der Waals surface area contributed by atoms with Gasteiger partial charge in [0.15, 0.2) is 0 Å². The van der Waals surface area contributed by atoms with Crippen molar-refractivity contribution in [3.05, 3.63) is 84.5 Å². The van der Waals surface area contributed by atoms with E-state index < -0.39 is 23.9 Å². The highest BCUT2D eigenvalue weighted by atomic mass is 19.1. The van der Waals surface area contributed by atoms with Gasteiger partial charge in [-0.2, -0.15) is 0 Å². The van der Waals surface area contributed by atoms with Crippen LogP contribution in [0.1, 0.15) is 18.4 Å². The minimum Gasteiger partial charge on any atom is -0.492 e. The molecule has 1 aromatic carbocycles. The number of carboxylic acids is 4. The molecular formula is C27H31FN2O9. The van der Waals surface area contributed by atoms with Crippen LogP contribution in [0, 0.1) is 11.7 Å². The largest absolute Gasteiger partial charge is 0.492 e. The van der Waals surface area contributed by atoms with Gasteiger partial charge in [-0.15, -0.1) is 0 Å². The van der Waals surface area contributed by atoms with Crippen molar-refractivity contribution in [3.63, 3.8) is 0 Å². The highest BCUT2D eigenvalue weighted by molar-refractivity contribution is 5.90. The molecule has 0 spiro atoms. The first-order valence-electron chi connectivity index (χ1n) is 11.8. The average Bonchev–Trinajstić information content (AvgIpc) is 2.90. The Bertz CT molecular complexity index is 1030. The molecule has 0 bridgehead atoms. The molecule has 1 aliphatic rings. The van der Waals surface area contributed by atoms with Crippen molar-refractivity contribution in [2.75, 3.05) is 26.2 Å². The van der Waals surface area contributed by atoms with Gasteiger partial charge in [-0.3, -0.25) is 9.88 Å². The Kier molecular flexibility index (Phi) is 15.5. The Labute approximate surface area is 224 Å². The van der Waals surface area contributed by atoms with Crippen molar-refractivity contribution >= 4 is 23.9 Å². The highest BCUT2D eigenvalue weighted by Crippen LogP contribution is 2.21. The van der Waals surface area contributed by atoms with Crippen molar-refractivity contribution in [1.29, 1.82) is 0 Å². The maximum Gasteiger partial charge on any atom is 0.328 e. The standard InChI is InChI=1S/C19H23FN2O.2C4H4O4/c20-18-1-3-19(4-2-18)23-14-13-22-11-7-17(8-12-22)15-16-5-9-21-10-6-16;2*5-3(6)1-2-4(7)8/h1-6,9-10,17H,7-8,11-15H2;2*1-2H,(H,5,6)(H,7,8)/b;2*2-1-. The molecule has 0 aliphatic carbocycles. The topological polar surface area (TPSA) is 175 Å². The number of halogens is 1. The number of rotatable bonds is 10. The minimum absolute atomic E-state index is 0.228. The number of aliphatic carboxylic acids is 4. The number of piperidine rings is 1. The second kappa shape index (κ2) is 18.6. The molecule has 12 heteroatoms. The van der Waals surface area contributed by atoms with E-state index in [2.05, 4.69) is 22.0 Å². The Morgan fingerprint density at radius 1 is 0.821 bits per heavy atom. The van der Waals surface area contributed by atoms with Gasteiger partial charge < -0.3 is 25.2 Å². The van der Waals surface area contributed by atoms with Gasteiger partial charge in [0.25, 0.3) is 0 Å². The van der Waals surface area contributed by atoms with E-state index in [1.807, 2.05) is 12.4 Å². The zero-order valence-electron chi connectivity index (χ0n) is 21.1. The molecule has 0 saturated carbocycles. The molecule has 0 unspecified atom stereocenters. The summed E-state index contributed by atoms with van der Waals surface area (Å²) >= 11 is 0. The van der Waals surface area contributed by atoms with Crippen molar-refractivity contribution in [2.24, 2.45) is 5.92 Å². The van der Waals surface area contributed by atoms with Crippen LogP contribution in [0.5, 0.6) is 5.75 Å². The summed E-state index contributed by atoms with van der Waals surface area (Å²) in [6, 6.07) is 10.4. The summed E-state index contributed by atoms with van der Waals surface area (Å²) in [5.74, 6) is -3.75. The molecule has 210 valence electrons. The monoisotopic (exact) mass is 546 g/mol. The van der Waals surface area contributed by atoms with E-state index in [-0.39, 0.29) is 5.82 Å². The fraction of sp³-hybridized carbons (Fsp3) is 0.296. The van der Waals surface area contributed by atoms with Crippen LogP contribution in [0.15, 0.2) is 73.1 Å². The van der Waals surface area contributed by atoms with Crippen LogP contribution in [-0.4, -0.2) is 80.4 Å². The molecule has 39 heavy (non-hydrogen) atoms. The second-order valence-corrected chi connectivity index (χ2v) is 8.17. The zero-order chi connectivity index (χ0) is 29.0. The summed E-state index contributed by atoms with van der Waals surface area (Å²) in [5.41, 5.74) is 1.39. The number of aromatic nitrogens is 1. The number of nitrogens with zero attached hydrogens (tertiary/aromatic N) is 2. The summed E-state index contributed by atoms with van der Waals surface area (Å²) in [6.07, 6.45) is 9.60. The molecule has 1 aliphatic heterocycles. The lowest BCUT2D eigenvalue weighted by Gasteiger charge is -2.31. The Balaban J connectivity index is 0.000000393. The molecule has 2 heterocycles. The SMILES string of the molecule is Fc1ccc(OCCN2CCC(Cc3ccncc3)CC2)cc1.O=C(O)/C=C\C(=O)O.O=C(O)/C=C\C(=O)O. The molecule has 0 amide bonds. The Morgan fingerprint density at radius 3 is 1.72 bits per heavy atom. The van der Waals surface area contributed by atoms with Crippen molar-refractivity contribution in [1.82, 2.24) is 9.88 Å². The van der Waals surface area contributed by atoms with Gasteiger partial charge in [0.2, 0.25) is 0 Å². The normalized spacial score (nSPS) is 13.6. The van der Waals surface area contributed by atoms with Crippen LogP contribution in [0.4, 0.5) is 4.39 Å². The summed E-state index contributed by atoms with van der Waals surface area (Å²) < 4.78 is 18.5. The van der Waals surface area contributed by atoms with E-state index in [9.17, 15) is 23.6 Å². The molecule has 0 atom stereocenters. The maximum atomic E-state index is 12.8. The number of hydrogen-bond acceptors (Lipinski definition) is 7. The lowest BCUT2D eigenvalue weighted by atomic mass is 9.90. The number of hydrogen-bond donors (Lipinski definition) is 4.